The third kappa shape index (κ3) is 3.41. The van der Waals surface area contributed by atoms with Crippen LogP contribution in [0.4, 0.5) is 0 Å². The van der Waals surface area contributed by atoms with Gasteiger partial charge in [0.15, 0.2) is 0 Å². The molecule has 1 aromatic carbocycles. The molecule has 0 aliphatic rings. The molecule has 3 rings (SSSR count). The molecule has 0 bridgehead atoms. The molecular formula is C17H13BrClN3OS. The second kappa shape index (κ2) is 7.09. The van der Waals surface area contributed by atoms with Gasteiger partial charge in [0.2, 0.25) is 0 Å². The SMILES string of the molecule is Cc1nn(C(=O)c2ccc(Cl)nc2)c(C)c1Sc1ccccc1Br. The number of aryl methyl sites for hydroxylation is 1. The van der Waals surface area contributed by atoms with Crippen molar-refractivity contribution in [2.75, 3.05) is 0 Å². The first kappa shape index (κ1) is 17.2. The predicted octanol–water partition coefficient (Wildman–Crippen LogP) is 5.15. The van der Waals surface area contributed by atoms with Gasteiger partial charge in [0.05, 0.1) is 21.8 Å². The van der Waals surface area contributed by atoms with Crippen molar-refractivity contribution in [2.45, 2.75) is 23.6 Å². The average Bonchev–Trinajstić information content (AvgIpc) is 2.85. The highest BCUT2D eigenvalue weighted by atomic mass is 79.9. The van der Waals surface area contributed by atoms with Gasteiger partial charge in [0.25, 0.3) is 5.91 Å². The lowest BCUT2D eigenvalue weighted by molar-refractivity contribution is 0.0941. The second-order valence-corrected chi connectivity index (χ2v) is 7.41. The third-order valence-corrected chi connectivity index (χ3v) is 5.99. The summed E-state index contributed by atoms with van der Waals surface area (Å²) in [5.74, 6) is -0.223. The summed E-state index contributed by atoms with van der Waals surface area (Å²) in [5.41, 5.74) is 2.05. The maximum atomic E-state index is 12.7. The Kier molecular flexibility index (Phi) is 5.08. The third-order valence-electron chi connectivity index (χ3n) is 3.44. The smallest absolute Gasteiger partial charge is 0.267 e. The van der Waals surface area contributed by atoms with E-state index in [0.717, 1.165) is 25.7 Å². The first-order valence-corrected chi connectivity index (χ1v) is 9.11. The van der Waals surface area contributed by atoms with Gasteiger partial charge in [-0.05, 0) is 54.0 Å². The number of halogens is 2. The fourth-order valence-corrected chi connectivity index (χ4v) is 3.83. The van der Waals surface area contributed by atoms with Gasteiger partial charge in [0.1, 0.15) is 5.15 Å². The monoisotopic (exact) mass is 421 g/mol. The average molecular weight is 423 g/mol. The lowest BCUT2D eigenvalue weighted by atomic mass is 10.2. The van der Waals surface area contributed by atoms with Crippen molar-refractivity contribution in [3.63, 3.8) is 0 Å². The van der Waals surface area contributed by atoms with Gasteiger partial charge in [0, 0.05) is 15.6 Å². The van der Waals surface area contributed by atoms with E-state index >= 15 is 0 Å². The van der Waals surface area contributed by atoms with Crippen molar-refractivity contribution in [1.29, 1.82) is 0 Å². The van der Waals surface area contributed by atoms with E-state index < -0.39 is 0 Å². The molecular weight excluding hydrogens is 410 g/mol. The van der Waals surface area contributed by atoms with Crippen LogP contribution < -0.4 is 0 Å². The lowest BCUT2D eigenvalue weighted by Gasteiger charge is -2.06. The molecule has 0 N–H and O–H groups in total. The Morgan fingerprint density at radius 2 is 1.96 bits per heavy atom. The normalized spacial score (nSPS) is 10.8. The number of carbonyl (C=O) groups is 1. The van der Waals surface area contributed by atoms with Crippen LogP contribution in [0.1, 0.15) is 21.7 Å². The predicted molar refractivity (Wildman–Crippen MR) is 98.9 cm³/mol. The first-order chi connectivity index (χ1) is 11.5. The number of hydrogen-bond donors (Lipinski definition) is 0. The van der Waals surface area contributed by atoms with Gasteiger partial charge < -0.3 is 0 Å². The zero-order chi connectivity index (χ0) is 17.3. The lowest BCUT2D eigenvalue weighted by Crippen LogP contribution is -2.15. The maximum Gasteiger partial charge on any atom is 0.279 e. The Labute approximate surface area is 157 Å². The van der Waals surface area contributed by atoms with Crippen LogP contribution in [0.15, 0.2) is 56.9 Å². The molecule has 0 spiro atoms. The molecule has 122 valence electrons. The molecule has 3 aromatic rings. The van der Waals surface area contributed by atoms with Crippen LogP contribution in [-0.2, 0) is 0 Å². The molecule has 0 aliphatic heterocycles. The number of carbonyl (C=O) groups excluding carboxylic acids is 1. The maximum absolute atomic E-state index is 12.7. The molecule has 0 saturated heterocycles. The van der Waals surface area contributed by atoms with Gasteiger partial charge in [-0.2, -0.15) is 9.78 Å². The molecule has 0 unspecified atom stereocenters. The standard InChI is InChI=1S/C17H13BrClN3OS/c1-10-16(24-14-6-4-3-5-13(14)18)11(2)22(21-10)17(23)12-7-8-15(19)20-9-12/h3-9H,1-2H3. The topological polar surface area (TPSA) is 47.8 Å². The minimum atomic E-state index is -0.223. The zero-order valence-electron chi connectivity index (χ0n) is 13.0. The highest BCUT2D eigenvalue weighted by molar-refractivity contribution is 9.10. The van der Waals surface area contributed by atoms with E-state index in [9.17, 15) is 4.79 Å². The van der Waals surface area contributed by atoms with Crippen molar-refractivity contribution < 1.29 is 4.79 Å². The molecule has 0 radical (unpaired) electrons. The van der Waals surface area contributed by atoms with Crippen LogP contribution in [0.3, 0.4) is 0 Å². The summed E-state index contributed by atoms with van der Waals surface area (Å²) in [6.07, 6.45) is 1.46. The number of rotatable bonds is 3. The van der Waals surface area contributed by atoms with Crippen molar-refractivity contribution in [1.82, 2.24) is 14.8 Å². The van der Waals surface area contributed by atoms with Crippen LogP contribution >= 0.6 is 39.3 Å². The summed E-state index contributed by atoms with van der Waals surface area (Å²) < 4.78 is 2.43. The van der Waals surface area contributed by atoms with E-state index in [0.29, 0.717) is 10.7 Å². The number of benzene rings is 1. The van der Waals surface area contributed by atoms with E-state index in [1.807, 2.05) is 38.1 Å². The van der Waals surface area contributed by atoms with Gasteiger partial charge in [-0.25, -0.2) is 4.98 Å². The van der Waals surface area contributed by atoms with E-state index in [2.05, 4.69) is 26.0 Å². The number of aromatic nitrogens is 3. The van der Waals surface area contributed by atoms with Gasteiger partial charge >= 0.3 is 0 Å². The van der Waals surface area contributed by atoms with Gasteiger partial charge in [-0.15, -0.1) is 0 Å². The Balaban J connectivity index is 1.96. The van der Waals surface area contributed by atoms with Crippen LogP contribution in [-0.4, -0.2) is 20.7 Å². The van der Waals surface area contributed by atoms with E-state index in [4.69, 9.17) is 11.6 Å². The number of hydrogen-bond acceptors (Lipinski definition) is 4. The van der Waals surface area contributed by atoms with Crippen molar-refractivity contribution in [2.24, 2.45) is 0 Å². The van der Waals surface area contributed by atoms with Gasteiger partial charge in [-0.3, -0.25) is 4.79 Å². The summed E-state index contributed by atoms with van der Waals surface area (Å²) in [6.45, 7) is 3.79. The summed E-state index contributed by atoms with van der Waals surface area (Å²) >= 11 is 10.9. The largest absolute Gasteiger partial charge is 0.279 e. The highest BCUT2D eigenvalue weighted by Gasteiger charge is 2.19. The Bertz CT molecular complexity index is 909. The minimum Gasteiger partial charge on any atom is -0.267 e. The molecule has 0 saturated carbocycles. The highest BCUT2D eigenvalue weighted by Crippen LogP contribution is 2.36. The fourth-order valence-electron chi connectivity index (χ4n) is 2.24. The van der Waals surface area contributed by atoms with Crippen molar-refractivity contribution in [3.05, 3.63) is 69.2 Å². The second-order valence-electron chi connectivity index (χ2n) is 5.12. The Hall–Kier alpha value is -1.63. The molecule has 7 heteroatoms. The molecule has 0 fully saturated rings. The van der Waals surface area contributed by atoms with Crippen molar-refractivity contribution in [3.8, 4) is 0 Å². The molecule has 0 amide bonds. The molecule has 0 aliphatic carbocycles. The van der Waals surface area contributed by atoms with E-state index in [1.54, 1.807) is 23.9 Å². The van der Waals surface area contributed by atoms with Crippen LogP contribution in [0.25, 0.3) is 0 Å². The first-order valence-electron chi connectivity index (χ1n) is 7.12. The summed E-state index contributed by atoms with van der Waals surface area (Å²) in [7, 11) is 0. The Morgan fingerprint density at radius 3 is 2.62 bits per heavy atom. The minimum absolute atomic E-state index is 0.223. The quantitative estimate of drug-likeness (QED) is 0.548. The van der Waals surface area contributed by atoms with Crippen LogP contribution in [0.5, 0.6) is 0 Å². The van der Waals surface area contributed by atoms with E-state index in [1.165, 1.54) is 10.9 Å². The van der Waals surface area contributed by atoms with E-state index in [-0.39, 0.29) is 5.91 Å². The molecule has 0 atom stereocenters. The molecule has 2 heterocycles. The van der Waals surface area contributed by atoms with Gasteiger partial charge in [-0.1, -0.05) is 35.5 Å². The summed E-state index contributed by atoms with van der Waals surface area (Å²) in [6, 6.07) is 11.2. The summed E-state index contributed by atoms with van der Waals surface area (Å²) in [5, 5.41) is 4.76. The van der Waals surface area contributed by atoms with Crippen LogP contribution in [0, 0.1) is 13.8 Å². The number of nitrogens with zero attached hydrogens (tertiary/aromatic N) is 3. The number of pyridine rings is 1. The van der Waals surface area contributed by atoms with Crippen molar-refractivity contribution >= 4 is 45.2 Å². The fraction of sp³-hybridized carbons (Fsp3) is 0.118. The molecule has 4 nitrogen and oxygen atoms in total. The van der Waals surface area contributed by atoms with Crippen LogP contribution in [0.2, 0.25) is 5.15 Å². The summed E-state index contributed by atoms with van der Waals surface area (Å²) in [4.78, 5) is 18.7. The molecule has 24 heavy (non-hydrogen) atoms. The Morgan fingerprint density at radius 1 is 1.21 bits per heavy atom. The molecule has 2 aromatic heterocycles. The zero-order valence-corrected chi connectivity index (χ0v) is 16.1.